The molecule has 2 N–H and O–H groups in total. The summed E-state index contributed by atoms with van der Waals surface area (Å²) in [5.74, 6) is 3.13. The first-order valence-electron chi connectivity index (χ1n) is 5.44. The van der Waals surface area contributed by atoms with Crippen LogP contribution in [0, 0.1) is 9.62 Å². The summed E-state index contributed by atoms with van der Waals surface area (Å²) in [4.78, 5) is 8.75. The summed E-state index contributed by atoms with van der Waals surface area (Å²) in [6.45, 7) is 2.28. The molecule has 16 heavy (non-hydrogen) atoms. The lowest BCUT2D eigenvalue weighted by molar-refractivity contribution is 0.277. The maximum atomic E-state index is 5.88. The Morgan fingerprint density at radius 2 is 2.25 bits per heavy atom. The number of hydrogen-bond donors (Lipinski definition) is 1. The summed E-state index contributed by atoms with van der Waals surface area (Å²) in [7, 11) is 0. The predicted molar refractivity (Wildman–Crippen MR) is 71.3 cm³/mol. The number of nitrogen functional groups attached to an aromatic ring is 1. The number of halogens is 1. The van der Waals surface area contributed by atoms with Crippen LogP contribution in [-0.2, 0) is 0 Å². The van der Waals surface area contributed by atoms with E-state index in [9.17, 15) is 0 Å². The fourth-order valence-corrected chi connectivity index (χ4v) is 3.23. The van der Waals surface area contributed by atoms with Gasteiger partial charge in [-0.25, -0.2) is 9.97 Å². The second-order valence-corrected chi connectivity index (χ2v) is 5.59. The smallest absolute Gasteiger partial charge is 0.150 e. The van der Waals surface area contributed by atoms with E-state index in [2.05, 4.69) is 43.9 Å². The minimum absolute atomic E-state index is 0.568. The van der Waals surface area contributed by atoms with Crippen molar-refractivity contribution < 1.29 is 0 Å². The molecule has 0 atom stereocenters. The number of hydrogen-bond acceptors (Lipinski definition) is 3. The number of imidazole rings is 1. The van der Waals surface area contributed by atoms with Gasteiger partial charge in [-0.2, -0.15) is 0 Å². The van der Waals surface area contributed by atoms with E-state index in [4.69, 9.17) is 5.73 Å². The van der Waals surface area contributed by atoms with Crippen LogP contribution in [0.3, 0.4) is 0 Å². The van der Waals surface area contributed by atoms with Crippen LogP contribution in [0.15, 0.2) is 12.4 Å². The third-order valence-electron chi connectivity index (χ3n) is 3.31. The van der Waals surface area contributed by atoms with Gasteiger partial charge in [-0.15, -0.1) is 0 Å². The highest BCUT2D eigenvalue weighted by Gasteiger charge is 2.31. The molecule has 0 radical (unpaired) electrons. The Hall–Kier alpha value is -0.850. The van der Waals surface area contributed by atoms with Crippen molar-refractivity contribution in [1.82, 2.24) is 14.4 Å². The number of fused-ring (bicyclic) bond motifs is 1. The monoisotopic (exact) mass is 328 g/mol. The van der Waals surface area contributed by atoms with Crippen LogP contribution in [-0.4, -0.2) is 14.4 Å². The topological polar surface area (TPSA) is 56.2 Å². The molecule has 84 valence electrons. The quantitative estimate of drug-likeness (QED) is 0.818. The minimum atomic E-state index is 0.568. The van der Waals surface area contributed by atoms with Gasteiger partial charge in [0.1, 0.15) is 15.0 Å². The largest absolute Gasteiger partial charge is 0.382 e. The molecule has 0 unspecified atom stereocenters. The molecule has 0 bridgehead atoms. The van der Waals surface area contributed by atoms with E-state index >= 15 is 0 Å². The van der Waals surface area contributed by atoms with Crippen molar-refractivity contribution in [2.24, 2.45) is 5.92 Å². The number of nitrogens with two attached hydrogens (primary N) is 1. The van der Waals surface area contributed by atoms with E-state index in [-0.39, 0.29) is 0 Å². The summed E-state index contributed by atoms with van der Waals surface area (Å²) in [6, 6.07) is 0. The van der Waals surface area contributed by atoms with Crippen LogP contribution >= 0.6 is 22.6 Å². The van der Waals surface area contributed by atoms with Gasteiger partial charge in [0.05, 0.1) is 0 Å². The highest BCUT2D eigenvalue weighted by Crippen LogP contribution is 2.41. The second-order valence-electron chi connectivity index (χ2n) is 4.57. The van der Waals surface area contributed by atoms with Gasteiger partial charge in [-0.05, 0) is 41.4 Å². The number of rotatable bonds is 1. The molecule has 1 saturated carbocycles. The molecular weight excluding hydrogens is 315 g/mol. The Balaban J connectivity index is 2.16. The van der Waals surface area contributed by atoms with Crippen LogP contribution < -0.4 is 5.73 Å². The zero-order valence-electron chi connectivity index (χ0n) is 9.02. The maximum Gasteiger partial charge on any atom is 0.150 e. The lowest BCUT2D eigenvalue weighted by Crippen LogP contribution is -2.21. The fourth-order valence-electron chi connectivity index (χ4n) is 2.44. The first kappa shape index (κ1) is 10.3. The molecule has 0 aliphatic heterocycles. The Kier molecular flexibility index (Phi) is 2.31. The van der Waals surface area contributed by atoms with Crippen molar-refractivity contribution in [3.8, 4) is 0 Å². The van der Waals surface area contributed by atoms with Crippen molar-refractivity contribution in [2.75, 3.05) is 5.73 Å². The molecule has 0 spiro atoms. The van der Waals surface area contributed by atoms with Crippen molar-refractivity contribution in [3.63, 3.8) is 0 Å². The molecule has 0 aromatic carbocycles. The SMILES string of the molecule is CC1CC(c2nc(I)c3c(N)nccn23)C1. The highest BCUT2D eigenvalue weighted by atomic mass is 127. The lowest BCUT2D eigenvalue weighted by atomic mass is 9.76. The van der Waals surface area contributed by atoms with Crippen molar-refractivity contribution in [2.45, 2.75) is 25.7 Å². The Labute approximate surface area is 107 Å². The van der Waals surface area contributed by atoms with E-state index < -0.39 is 0 Å². The molecule has 3 rings (SSSR count). The molecule has 2 heterocycles. The van der Waals surface area contributed by atoms with Gasteiger partial charge in [0.25, 0.3) is 0 Å². The van der Waals surface area contributed by atoms with Crippen LogP contribution in [0.1, 0.15) is 31.5 Å². The molecule has 1 aliphatic carbocycles. The number of nitrogens with zero attached hydrogens (tertiary/aromatic N) is 3. The van der Waals surface area contributed by atoms with E-state index in [1.807, 2.05) is 6.20 Å². The average molecular weight is 328 g/mol. The zero-order chi connectivity index (χ0) is 11.3. The third-order valence-corrected chi connectivity index (χ3v) is 4.06. The fraction of sp³-hybridized carbons (Fsp3) is 0.455. The van der Waals surface area contributed by atoms with E-state index in [0.29, 0.717) is 11.7 Å². The van der Waals surface area contributed by atoms with Gasteiger partial charge in [0.2, 0.25) is 0 Å². The molecule has 4 nitrogen and oxygen atoms in total. The van der Waals surface area contributed by atoms with Gasteiger partial charge < -0.3 is 5.73 Å². The molecule has 1 fully saturated rings. The lowest BCUT2D eigenvalue weighted by Gasteiger charge is -2.31. The Bertz CT molecular complexity index is 542. The van der Waals surface area contributed by atoms with Crippen LogP contribution in [0.4, 0.5) is 5.82 Å². The Morgan fingerprint density at radius 1 is 1.50 bits per heavy atom. The van der Waals surface area contributed by atoms with Gasteiger partial charge in [0, 0.05) is 18.3 Å². The molecule has 2 aromatic rings. The van der Waals surface area contributed by atoms with Gasteiger partial charge >= 0.3 is 0 Å². The second kappa shape index (κ2) is 3.58. The first-order chi connectivity index (χ1) is 7.66. The van der Waals surface area contributed by atoms with E-state index in [1.165, 1.54) is 12.8 Å². The molecule has 5 heteroatoms. The van der Waals surface area contributed by atoms with Gasteiger partial charge in [-0.1, -0.05) is 6.92 Å². The zero-order valence-corrected chi connectivity index (χ0v) is 11.2. The van der Waals surface area contributed by atoms with Crippen LogP contribution in [0.5, 0.6) is 0 Å². The predicted octanol–water partition coefficient (Wildman–Crippen LogP) is 2.43. The van der Waals surface area contributed by atoms with Crippen molar-refractivity contribution >= 4 is 33.9 Å². The first-order valence-corrected chi connectivity index (χ1v) is 6.52. The van der Waals surface area contributed by atoms with Gasteiger partial charge in [0.15, 0.2) is 5.82 Å². The average Bonchev–Trinajstić information content (AvgIpc) is 2.53. The Morgan fingerprint density at radius 3 is 2.94 bits per heavy atom. The molecule has 2 aromatic heterocycles. The third kappa shape index (κ3) is 1.41. The van der Waals surface area contributed by atoms with E-state index in [0.717, 1.165) is 21.0 Å². The van der Waals surface area contributed by atoms with Crippen LogP contribution in [0.25, 0.3) is 5.52 Å². The van der Waals surface area contributed by atoms with Gasteiger partial charge in [-0.3, -0.25) is 4.40 Å². The summed E-state index contributed by atoms with van der Waals surface area (Å²) in [5, 5.41) is 0. The summed E-state index contributed by atoms with van der Waals surface area (Å²) in [6.07, 6.45) is 6.17. The summed E-state index contributed by atoms with van der Waals surface area (Å²) >= 11 is 2.23. The summed E-state index contributed by atoms with van der Waals surface area (Å²) in [5.41, 5.74) is 6.84. The molecule has 1 aliphatic rings. The summed E-state index contributed by atoms with van der Waals surface area (Å²) < 4.78 is 3.05. The molecule has 0 saturated heterocycles. The maximum absolute atomic E-state index is 5.88. The van der Waals surface area contributed by atoms with Crippen molar-refractivity contribution in [3.05, 3.63) is 21.9 Å². The molecular formula is C11H13IN4. The van der Waals surface area contributed by atoms with Crippen LogP contribution in [0.2, 0.25) is 0 Å². The van der Waals surface area contributed by atoms with Crippen molar-refractivity contribution in [1.29, 1.82) is 0 Å². The normalized spacial score (nSPS) is 24.6. The highest BCUT2D eigenvalue weighted by molar-refractivity contribution is 14.1. The standard InChI is InChI=1S/C11H13IN4/c1-6-4-7(5-6)11-15-9(12)8-10(13)14-2-3-16(8)11/h2-3,6-7H,4-5H2,1H3,(H2,13,14). The van der Waals surface area contributed by atoms with E-state index in [1.54, 1.807) is 6.20 Å². The molecule has 0 amide bonds. The number of aromatic nitrogens is 3. The number of anilines is 1. The minimum Gasteiger partial charge on any atom is -0.382 e.